The lowest BCUT2D eigenvalue weighted by molar-refractivity contribution is -0.127. The fourth-order valence-electron chi connectivity index (χ4n) is 3.75. The van der Waals surface area contributed by atoms with Crippen LogP contribution in [0.25, 0.3) is 0 Å². The van der Waals surface area contributed by atoms with Crippen molar-refractivity contribution in [2.24, 2.45) is 5.92 Å². The second kappa shape index (κ2) is 8.79. The number of halogens is 2. The van der Waals surface area contributed by atoms with Crippen LogP contribution < -0.4 is 5.32 Å². The van der Waals surface area contributed by atoms with Crippen molar-refractivity contribution in [3.8, 4) is 0 Å². The van der Waals surface area contributed by atoms with Gasteiger partial charge in [0.2, 0.25) is 5.91 Å². The first-order valence-corrected chi connectivity index (χ1v) is 11.2. The zero-order chi connectivity index (χ0) is 20.4. The Morgan fingerprint density at radius 2 is 2.00 bits per heavy atom. The summed E-state index contributed by atoms with van der Waals surface area (Å²) in [6.07, 6.45) is 4.74. The summed E-state index contributed by atoms with van der Waals surface area (Å²) in [4.78, 5) is 31.1. The normalized spacial score (nSPS) is 17.8. The van der Waals surface area contributed by atoms with Crippen LogP contribution in [-0.2, 0) is 11.3 Å². The molecule has 1 aromatic heterocycles. The molecule has 2 aliphatic rings. The number of piperidine rings is 1. The van der Waals surface area contributed by atoms with E-state index in [-0.39, 0.29) is 28.3 Å². The summed E-state index contributed by atoms with van der Waals surface area (Å²) < 4.78 is 13.5. The van der Waals surface area contributed by atoms with Crippen LogP contribution in [0.2, 0.25) is 5.02 Å². The van der Waals surface area contributed by atoms with Crippen molar-refractivity contribution in [1.29, 1.82) is 0 Å². The van der Waals surface area contributed by atoms with Gasteiger partial charge in [0.25, 0.3) is 5.91 Å². The molecule has 1 saturated heterocycles. The van der Waals surface area contributed by atoms with Crippen molar-refractivity contribution in [1.82, 2.24) is 15.2 Å². The number of benzene rings is 1. The number of amides is 2. The molecular formula is C21H23ClFN3O2S. The summed E-state index contributed by atoms with van der Waals surface area (Å²) in [5.41, 5.74) is 1.10. The standard InChI is InChI=1S/C21H23ClFN3O2S/c22-18-5-4-15(23)10-17(18)21(28)26-8-6-14(7-9-26)20-25-16(12-29-20)11-24-19(27)13-2-1-3-13/h4-5,10,12-14H,1-3,6-9,11H2,(H,24,27). The van der Waals surface area contributed by atoms with E-state index in [9.17, 15) is 14.0 Å². The second-order valence-corrected chi connectivity index (χ2v) is 9.01. The van der Waals surface area contributed by atoms with Gasteiger partial charge in [-0.3, -0.25) is 9.59 Å². The van der Waals surface area contributed by atoms with E-state index < -0.39 is 5.82 Å². The molecule has 5 nitrogen and oxygen atoms in total. The molecule has 1 N–H and O–H groups in total. The molecule has 0 unspecified atom stereocenters. The van der Waals surface area contributed by atoms with Gasteiger partial charge in [-0.15, -0.1) is 11.3 Å². The molecule has 2 heterocycles. The molecular weight excluding hydrogens is 413 g/mol. The Kier molecular flexibility index (Phi) is 6.15. The fourth-order valence-corrected chi connectivity index (χ4v) is 4.93. The lowest BCUT2D eigenvalue weighted by Gasteiger charge is -2.31. The van der Waals surface area contributed by atoms with Crippen molar-refractivity contribution < 1.29 is 14.0 Å². The van der Waals surface area contributed by atoms with Crippen molar-refractivity contribution in [2.45, 2.75) is 44.6 Å². The lowest BCUT2D eigenvalue weighted by atomic mass is 9.85. The van der Waals surface area contributed by atoms with Crippen LogP contribution in [-0.4, -0.2) is 34.8 Å². The summed E-state index contributed by atoms with van der Waals surface area (Å²) in [6, 6.07) is 3.86. The SMILES string of the molecule is O=C(NCc1csc(C2CCN(C(=O)c3cc(F)ccc3Cl)CC2)n1)C1CCC1. The number of aromatic nitrogens is 1. The molecule has 29 heavy (non-hydrogen) atoms. The molecule has 2 fully saturated rings. The molecule has 0 radical (unpaired) electrons. The maximum Gasteiger partial charge on any atom is 0.255 e. The van der Waals surface area contributed by atoms with Gasteiger partial charge < -0.3 is 10.2 Å². The molecule has 154 valence electrons. The Bertz CT molecular complexity index is 907. The van der Waals surface area contributed by atoms with Crippen LogP contribution >= 0.6 is 22.9 Å². The highest BCUT2D eigenvalue weighted by Crippen LogP contribution is 2.32. The zero-order valence-corrected chi connectivity index (χ0v) is 17.6. The number of rotatable bonds is 5. The van der Waals surface area contributed by atoms with Crippen LogP contribution in [0, 0.1) is 11.7 Å². The van der Waals surface area contributed by atoms with Crippen molar-refractivity contribution >= 4 is 34.8 Å². The Labute approximate surface area is 178 Å². The predicted molar refractivity (Wildman–Crippen MR) is 111 cm³/mol. The van der Waals surface area contributed by atoms with Gasteiger partial charge in [-0.25, -0.2) is 9.37 Å². The molecule has 0 atom stereocenters. The summed E-state index contributed by atoms with van der Waals surface area (Å²) >= 11 is 7.68. The maximum atomic E-state index is 13.5. The molecule has 8 heteroatoms. The summed E-state index contributed by atoms with van der Waals surface area (Å²) in [7, 11) is 0. The van der Waals surface area contributed by atoms with Crippen molar-refractivity contribution in [3.05, 3.63) is 50.7 Å². The summed E-state index contributed by atoms with van der Waals surface area (Å²) in [5, 5.41) is 6.30. The minimum atomic E-state index is -0.465. The maximum absolute atomic E-state index is 13.5. The first-order valence-electron chi connectivity index (χ1n) is 9.97. The largest absolute Gasteiger partial charge is 0.350 e. The predicted octanol–water partition coefficient (Wildman–Crippen LogP) is 4.37. The van der Waals surface area contributed by atoms with Crippen molar-refractivity contribution in [3.63, 3.8) is 0 Å². The van der Waals surface area contributed by atoms with E-state index in [1.165, 1.54) is 18.2 Å². The zero-order valence-electron chi connectivity index (χ0n) is 16.0. The fraction of sp³-hybridized carbons (Fsp3) is 0.476. The Morgan fingerprint density at radius 1 is 1.24 bits per heavy atom. The summed E-state index contributed by atoms with van der Waals surface area (Å²) in [6.45, 7) is 1.65. The third-order valence-corrected chi connectivity index (χ3v) is 7.17. The molecule has 0 bridgehead atoms. The number of nitrogens with one attached hydrogen (secondary N) is 1. The topological polar surface area (TPSA) is 62.3 Å². The average molecular weight is 436 g/mol. The number of carbonyl (C=O) groups is 2. The summed E-state index contributed by atoms with van der Waals surface area (Å²) in [5.74, 6) is -0.0860. The number of thiazole rings is 1. The van der Waals surface area contributed by atoms with E-state index in [0.29, 0.717) is 25.6 Å². The Balaban J connectivity index is 1.30. The first kappa shape index (κ1) is 20.3. The highest BCUT2D eigenvalue weighted by Gasteiger charge is 2.28. The highest BCUT2D eigenvalue weighted by atomic mass is 35.5. The quantitative estimate of drug-likeness (QED) is 0.758. The average Bonchev–Trinajstić information content (AvgIpc) is 3.15. The monoisotopic (exact) mass is 435 g/mol. The van der Waals surface area contributed by atoms with Crippen LogP contribution in [0.15, 0.2) is 23.6 Å². The molecule has 1 aromatic carbocycles. The van der Waals surface area contributed by atoms with Gasteiger partial charge >= 0.3 is 0 Å². The minimum Gasteiger partial charge on any atom is -0.350 e. The molecule has 0 spiro atoms. The third-order valence-electron chi connectivity index (χ3n) is 5.78. The Hall–Kier alpha value is -1.99. The van der Waals surface area contributed by atoms with E-state index in [2.05, 4.69) is 5.32 Å². The molecule has 1 saturated carbocycles. The number of nitrogens with zero attached hydrogens (tertiary/aromatic N) is 2. The number of hydrogen-bond donors (Lipinski definition) is 1. The van der Waals surface area contributed by atoms with E-state index in [4.69, 9.17) is 16.6 Å². The molecule has 2 aromatic rings. The highest BCUT2D eigenvalue weighted by molar-refractivity contribution is 7.09. The number of likely N-dealkylation sites (tertiary alicyclic amines) is 1. The van der Waals surface area contributed by atoms with E-state index in [1.54, 1.807) is 16.2 Å². The first-order chi connectivity index (χ1) is 14.0. The van der Waals surface area contributed by atoms with Gasteiger partial charge in [-0.2, -0.15) is 0 Å². The minimum absolute atomic E-state index is 0.133. The van der Waals surface area contributed by atoms with E-state index >= 15 is 0 Å². The van der Waals surface area contributed by atoms with E-state index in [0.717, 1.165) is 42.8 Å². The number of hydrogen-bond acceptors (Lipinski definition) is 4. The van der Waals surface area contributed by atoms with Crippen molar-refractivity contribution in [2.75, 3.05) is 13.1 Å². The van der Waals surface area contributed by atoms with Gasteiger partial charge in [-0.1, -0.05) is 18.0 Å². The molecule has 2 amide bonds. The number of carbonyl (C=O) groups excluding carboxylic acids is 2. The molecule has 1 aliphatic heterocycles. The van der Waals surface area contributed by atoms with Crippen LogP contribution in [0.4, 0.5) is 4.39 Å². The molecule has 1 aliphatic carbocycles. The van der Waals surface area contributed by atoms with Crippen LogP contribution in [0.1, 0.15) is 59.1 Å². The van der Waals surface area contributed by atoms with Gasteiger partial charge in [-0.05, 0) is 43.9 Å². The smallest absolute Gasteiger partial charge is 0.255 e. The van der Waals surface area contributed by atoms with Gasteiger partial charge in [0.15, 0.2) is 0 Å². The van der Waals surface area contributed by atoms with Crippen LogP contribution in [0.3, 0.4) is 0 Å². The van der Waals surface area contributed by atoms with E-state index in [1.807, 2.05) is 5.38 Å². The van der Waals surface area contributed by atoms with Gasteiger partial charge in [0, 0.05) is 30.3 Å². The third kappa shape index (κ3) is 4.61. The second-order valence-electron chi connectivity index (χ2n) is 7.71. The van der Waals surface area contributed by atoms with Crippen LogP contribution in [0.5, 0.6) is 0 Å². The van der Waals surface area contributed by atoms with Gasteiger partial charge in [0.1, 0.15) is 5.82 Å². The van der Waals surface area contributed by atoms with Gasteiger partial charge in [0.05, 0.1) is 27.8 Å². The Morgan fingerprint density at radius 3 is 2.69 bits per heavy atom. The molecule has 4 rings (SSSR count). The lowest BCUT2D eigenvalue weighted by Crippen LogP contribution is -2.38.